The number of esters is 1. The Balaban J connectivity index is 1.50. The van der Waals surface area contributed by atoms with Crippen molar-refractivity contribution in [2.24, 2.45) is 5.41 Å². The van der Waals surface area contributed by atoms with Gasteiger partial charge in [0.05, 0.1) is 28.8 Å². The molecule has 0 unspecified atom stereocenters. The zero-order chi connectivity index (χ0) is 31.5. The molecule has 3 atom stereocenters. The lowest BCUT2D eigenvalue weighted by molar-refractivity contribution is -0.145. The number of likely N-dealkylation sites (tertiary alicyclic amines) is 1. The highest BCUT2D eigenvalue weighted by Gasteiger charge is 2.53. The number of halogens is 1. The highest BCUT2D eigenvalue weighted by atomic mass is 32.1. The standard InChI is InChI=1S/C30H39FN4O7S/c1-6-41-23(37)15-42-22-11-18(24-17(2)33-16-43-24)7-8-19(22)13-32-26(38)21-12-20(36)14-35(21)27(39)25(29(3,4)5)34-28(40)30(31)9-10-30/h7-8,11,16,20-21,25,36H,6,9-10,12-15H2,1-5H3,(H,32,38)(H,34,40)/t20-,21+,25-/m1/s1. The summed E-state index contributed by atoms with van der Waals surface area (Å²) in [7, 11) is 0. The highest BCUT2D eigenvalue weighted by Crippen LogP contribution is 2.40. The first-order valence-electron chi connectivity index (χ1n) is 14.3. The van der Waals surface area contributed by atoms with Crippen LogP contribution in [0.5, 0.6) is 5.75 Å². The van der Waals surface area contributed by atoms with E-state index in [0.717, 1.165) is 16.1 Å². The number of nitrogens with zero attached hydrogens (tertiary/aromatic N) is 2. The number of rotatable bonds is 11. The van der Waals surface area contributed by atoms with E-state index in [2.05, 4.69) is 15.6 Å². The minimum atomic E-state index is -1.97. The van der Waals surface area contributed by atoms with E-state index in [1.165, 1.54) is 16.2 Å². The normalized spacial score (nSPS) is 19.8. The Morgan fingerprint density at radius 1 is 1.26 bits per heavy atom. The molecule has 2 aliphatic rings. The number of thiazole rings is 1. The number of carbonyl (C=O) groups is 4. The van der Waals surface area contributed by atoms with Gasteiger partial charge in [-0.05, 0) is 43.7 Å². The van der Waals surface area contributed by atoms with Gasteiger partial charge in [-0.3, -0.25) is 14.4 Å². The average molecular weight is 619 g/mol. The second-order valence-corrected chi connectivity index (χ2v) is 12.9. The third kappa shape index (κ3) is 7.69. The predicted octanol–water partition coefficient (Wildman–Crippen LogP) is 2.67. The number of carbonyl (C=O) groups excluding carboxylic acids is 4. The Hall–Kier alpha value is -3.58. The molecule has 1 aromatic carbocycles. The molecule has 1 saturated heterocycles. The van der Waals surface area contributed by atoms with Gasteiger partial charge in [-0.15, -0.1) is 11.3 Å². The second-order valence-electron chi connectivity index (χ2n) is 12.0. The van der Waals surface area contributed by atoms with E-state index >= 15 is 0 Å². The van der Waals surface area contributed by atoms with Crippen molar-refractivity contribution in [1.82, 2.24) is 20.5 Å². The van der Waals surface area contributed by atoms with Gasteiger partial charge in [-0.1, -0.05) is 32.9 Å². The number of aliphatic hydroxyl groups is 1. The number of ether oxygens (including phenoxy) is 2. The molecule has 1 aliphatic heterocycles. The summed E-state index contributed by atoms with van der Waals surface area (Å²) in [5, 5.41) is 15.8. The summed E-state index contributed by atoms with van der Waals surface area (Å²) in [6.45, 7) is 8.61. The number of nitrogens with one attached hydrogen (secondary N) is 2. The van der Waals surface area contributed by atoms with E-state index in [1.807, 2.05) is 13.0 Å². The molecule has 0 radical (unpaired) electrons. The summed E-state index contributed by atoms with van der Waals surface area (Å²) in [5.41, 5.74) is 1.25. The van der Waals surface area contributed by atoms with E-state index in [4.69, 9.17) is 9.47 Å². The third-order valence-electron chi connectivity index (χ3n) is 7.53. The number of aromatic nitrogens is 1. The Morgan fingerprint density at radius 3 is 2.58 bits per heavy atom. The molecule has 2 aromatic rings. The molecule has 4 rings (SSSR count). The first kappa shape index (κ1) is 32.3. The van der Waals surface area contributed by atoms with Crippen LogP contribution in [0.2, 0.25) is 0 Å². The number of alkyl halides is 1. The van der Waals surface area contributed by atoms with E-state index in [-0.39, 0.29) is 45.6 Å². The molecule has 13 heteroatoms. The Kier molecular flexibility index (Phi) is 9.75. The Morgan fingerprint density at radius 2 is 1.98 bits per heavy atom. The van der Waals surface area contributed by atoms with Gasteiger partial charge in [0.1, 0.15) is 17.8 Å². The summed E-state index contributed by atoms with van der Waals surface area (Å²) >= 11 is 1.46. The third-order valence-corrected chi connectivity index (χ3v) is 8.51. The lowest BCUT2D eigenvalue weighted by Crippen LogP contribution is -2.59. The van der Waals surface area contributed by atoms with Crippen molar-refractivity contribution in [2.75, 3.05) is 19.8 Å². The Bertz CT molecular complexity index is 1370. The van der Waals surface area contributed by atoms with E-state index in [9.17, 15) is 28.7 Å². The lowest BCUT2D eigenvalue weighted by atomic mass is 9.85. The molecule has 1 aliphatic carbocycles. The second kappa shape index (κ2) is 13.0. The maximum atomic E-state index is 14.4. The van der Waals surface area contributed by atoms with Crippen molar-refractivity contribution in [2.45, 2.75) is 84.3 Å². The number of aryl methyl sites for hydroxylation is 1. The first-order valence-corrected chi connectivity index (χ1v) is 15.2. The largest absolute Gasteiger partial charge is 0.482 e. The number of hydrogen-bond donors (Lipinski definition) is 3. The molecule has 3 N–H and O–H groups in total. The number of β-amino-alcohol motifs (C(OH)–C–C–N with tert-alkyl or cyclic N) is 1. The predicted molar refractivity (Wildman–Crippen MR) is 157 cm³/mol. The van der Waals surface area contributed by atoms with Crippen molar-refractivity contribution in [3.63, 3.8) is 0 Å². The van der Waals surface area contributed by atoms with Crippen LogP contribution in [0.15, 0.2) is 23.7 Å². The quantitative estimate of drug-likeness (QED) is 0.326. The SMILES string of the molecule is CCOC(=O)COc1cc(-c2scnc2C)ccc1CNC(=O)[C@@H]1C[C@@H](O)CN1C(=O)[C@@H](NC(=O)C1(F)CC1)C(C)(C)C. The van der Waals surface area contributed by atoms with Gasteiger partial charge < -0.3 is 30.1 Å². The molecule has 43 heavy (non-hydrogen) atoms. The van der Waals surface area contributed by atoms with Crippen molar-refractivity contribution < 1.29 is 38.1 Å². The van der Waals surface area contributed by atoms with Gasteiger partial charge in [-0.2, -0.15) is 0 Å². The van der Waals surface area contributed by atoms with Crippen LogP contribution in [-0.4, -0.2) is 82.3 Å². The molecular weight excluding hydrogens is 579 g/mol. The van der Waals surface area contributed by atoms with Crippen molar-refractivity contribution in [3.05, 3.63) is 35.0 Å². The van der Waals surface area contributed by atoms with Crippen molar-refractivity contribution in [3.8, 4) is 16.2 Å². The monoisotopic (exact) mass is 618 g/mol. The summed E-state index contributed by atoms with van der Waals surface area (Å²) in [5.74, 6) is -2.08. The summed E-state index contributed by atoms with van der Waals surface area (Å²) in [4.78, 5) is 58.0. The Labute approximate surface area is 254 Å². The maximum Gasteiger partial charge on any atom is 0.344 e. The van der Waals surface area contributed by atoms with Crippen LogP contribution in [0, 0.1) is 12.3 Å². The van der Waals surface area contributed by atoms with E-state index < -0.39 is 53.0 Å². The minimum Gasteiger partial charge on any atom is -0.482 e. The van der Waals surface area contributed by atoms with Gasteiger partial charge in [-0.25, -0.2) is 14.2 Å². The molecule has 11 nitrogen and oxygen atoms in total. The fourth-order valence-corrected chi connectivity index (χ4v) is 5.71. The zero-order valence-corrected chi connectivity index (χ0v) is 25.9. The fraction of sp³-hybridized carbons (Fsp3) is 0.567. The summed E-state index contributed by atoms with van der Waals surface area (Å²) < 4.78 is 25.2. The molecule has 1 aromatic heterocycles. The first-order chi connectivity index (χ1) is 20.2. The van der Waals surface area contributed by atoms with Crippen molar-refractivity contribution in [1.29, 1.82) is 0 Å². The lowest BCUT2D eigenvalue weighted by Gasteiger charge is -2.35. The number of benzene rings is 1. The molecule has 234 valence electrons. The molecule has 2 fully saturated rings. The van der Waals surface area contributed by atoms with Gasteiger partial charge >= 0.3 is 5.97 Å². The molecular formula is C30H39FN4O7S. The van der Waals surface area contributed by atoms with Crippen molar-refractivity contribution >= 4 is 35.0 Å². The van der Waals surface area contributed by atoms with Gasteiger partial charge in [0, 0.05) is 25.1 Å². The summed E-state index contributed by atoms with van der Waals surface area (Å²) in [6.07, 6.45) is -0.732. The van der Waals surface area contributed by atoms with Crippen LogP contribution in [0.4, 0.5) is 4.39 Å². The van der Waals surface area contributed by atoms with E-state index in [1.54, 1.807) is 45.3 Å². The van der Waals surface area contributed by atoms with Gasteiger partial charge in [0.25, 0.3) is 5.91 Å². The van der Waals surface area contributed by atoms with Crippen LogP contribution in [-0.2, 0) is 30.5 Å². The molecule has 1 saturated carbocycles. The average Bonchev–Trinajstić information content (AvgIpc) is 3.36. The topological polar surface area (TPSA) is 147 Å². The minimum absolute atomic E-state index is 0.00520. The van der Waals surface area contributed by atoms with E-state index in [0.29, 0.717) is 11.3 Å². The molecule has 3 amide bonds. The van der Waals surface area contributed by atoms with Crippen LogP contribution < -0.4 is 15.4 Å². The maximum absolute atomic E-state index is 14.4. The number of amides is 3. The summed E-state index contributed by atoms with van der Waals surface area (Å²) in [6, 6.07) is 3.30. The highest BCUT2D eigenvalue weighted by molar-refractivity contribution is 7.13. The van der Waals surface area contributed by atoms with Gasteiger partial charge in [0.15, 0.2) is 12.3 Å². The fourth-order valence-electron chi connectivity index (χ4n) is 4.91. The molecule has 2 heterocycles. The van der Waals surface area contributed by atoms with Crippen LogP contribution >= 0.6 is 11.3 Å². The van der Waals surface area contributed by atoms with Crippen LogP contribution in [0.1, 0.15) is 58.2 Å². The molecule has 0 bridgehead atoms. The molecule has 0 spiro atoms. The number of aliphatic hydroxyl groups excluding tert-OH is 1. The van der Waals surface area contributed by atoms with Crippen LogP contribution in [0.25, 0.3) is 10.4 Å². The van der Waals surface area contributed by atoms with Gasteiger partial charge in [0.2, 0.25) is 11.8 Å². The smallest absolute Gasteiger partial charge is 0.344 e. The van der Waals surface area contributed by atoms with Crippen LogP contribution in [0.3, 0.4) is 0 Å². The number of hydrogen-bond acceptors (Lipinski definition) is 9. The zero-order valence-electron chi connectivity index (χ0n) is 25.1.